The maximum absolute atomic E-state index is 12.2. The highest BCUT2D eigenvalue weighted by Gasteiger charge is 2.11. The van der Waals surface area contributed by atoms with E-state index in [1.165, 1.54) is 11.3 Å². The van der Waals surface area contributed by atoms with Gasteiger partial charge < -0.3 is 10.1 Å². The van der Waals surface area contributed by atoms with Gasteiger partial charge in [0.25, 0.3) is 5.91 Å². The van der Waals surface area contributed by atoms with Gasteiger partial charge in [0.05, 0.1) is 18.5 Å². The van der Waals surface area contributed by atoms with E-state index in [-0.39, 0.29) is 18.2 Å². The van der Waals surface area contributed by atoms with Crippen molar-refractivity contribution < 1.29 is 14.3 Å². The van der Waals surface area contributed by atoms with Crippen LogP contribution in [0.15, 0.2) is 53.9 Å². The third kappa shape index (κ3) is 5.31. The minimum atomic E-state index is -0.258. The molecule has 8 heteroatoms. The molecule has 0 unspecified atom stereocenters. The van der Waals surface area contributed by atoms with E-state index in [9.17, 15) is 9.59 Å². The average Bonchev–Trinajstić information content (AvgIpc) is 3.14. The Kier molecular flexibility index (Phi) is 6.62. The van der Waals surface area contributed by atoms with Gasteiger partial charge in [0.15, 0.2) is 5.13 Å². The van der Waals surface area contributed by atoms with Gasteiger partial charge in [-0.25, -0.2) is 4.98 Å². The highest BCUT2D eigenvalue weighted by Crippen LogP contribution is 2.23. The van der Waals surface area contributed by atoms with Gasteiger partial charge in [0, 0.05) is 22.4 Å². The molecule has 0 bridgehead atoms. The Hall–Kier alpha value is -2.90. The maximum Gasteiger partial charge on any atom is 0.257 e. The molecule has 0 saturated carbocycles. The quantitative estimate of drug-likeness (QED) is 0.589. The monoisotopic (exact) mass is 415 g/mol. The standard InChI is InChI=1S/C20H18ClN3O3S/c1-27-17-5-3-2-4-16(17)23-18(25)11-10-15-12-28-20(22-15)24-19(26)13-6-8-14(21)9-7-13/h2-9,12H,10-11H2,1H3,(H,23,25)(H,22,24,26). The van der Waals surface area contributed by atoms with Crippen molar-refractivity contribution >= 4 is 45.6 Å². The van der Waals surface area contributed by atoms with E-state index in [1.54, 1.807) is 43.5 Å². The van der Waals surface area contributed by atoms with Crippen LogP contribution >= 0.6 is 22.9 Å². The van der Waals surface area contributed by atoms with Crippen LogP contribution in [0.5, 0.6) is 5.75 Å². The molecule has 2 amide bonds. The van der Waals surface area contributed by atoms with Crippen molar-refractivity contribution in [3.63, 3.8) is 0 Å². The number of nitrogens with zero attached hydrogens (tertiary/aromatic N) is 1. The zero-order valence-corrected chi connectivity index (χ0v) is 16.6. The number of carbonyl (C=O) groups excluding carboxylic acids is 2. The van der Waals surface area contributed by atoms with E-state index in [0.29, 0.717) is 33.6 Å². The molecule has 28 heavy (non-hydrogen) atoms. The summed E-state index contributed by atoms with van der Waals surface area (Å²) in [5.41, 5.74) is 1.87. The molecular formula is C20H18ClN3O3S. The van der Waals surface area contributed by atoms with E-state index in [0.717, 1.165) is 5.69 Å². The maximum atomic E-state index is 12.2. The van der Waals surface area contributed by atoms with Gasteiger partial charge in [-0.05, 0) is 42.8 Å². The largest absolute Gasteiger partial charge is 0.495 e. The minimum Gasteiger partial charge on any atom is -0.495 e. The number of aromatic nitrogens is 1. The highest BCUT2D eigenvalue weighted by molar-refractivity contribution is 7.14. The van der Waals surface area contributed by atoms with Gasteiger partial charge in [-0.3, -0.25) is 14.9 Å². The number of thiazole rings is 1. The van der Waals surface area contributed by atoms with Crippen molar-refractivity contribution in [1.82, 2.24) is 4.98 Å². The van der Waals surface area contributed by atoms with Crippen molar-refractivity contribution in [1.29, 1.82) is 0 Å². The first-order valence-electron chi connectivity index (χ1n) is 8.49. The van der Waals surface area contributed by atoms with E-state index in [4.69, 9.17) is 16.3 Å². The van der Waals surface area contributed by atoms with Crippen LogP contribution < -0.4 is 15.4 Å². The normalized spacial score (nSPS) is 10.4. The number of para-hydroxylation sites is 2. The van der Waals surface area contributed by atoms with E-state index < -0.39 is 0 Å². The summed E-state index contributed by atoms with van der Waals surface area (Å²) < 4.78 is 5.22. The number of aryl methyl sites for hydroxylation is 1. The summed E-state index contributed by atoms with van der Waals surface area (Å²) in [4.78, 5) is 28.7. The Morgan fingerprint density at radius 3 is 2.61 bits per heavy atom. The number of hydrogen-bond donors (Lipinski definition) is 2. The second kappa shape index (κ2) is 9.34. The molecule has 6 nitrogen and oxygen atoms in total. The van der Waals surface area contributed by atoms with E-state index in [1.807, 2.05) is 17.5 Å². The molecule has 3 aromatic rings. The molecule has 0 aliphatic rings. The zero-order valence-electron chi connectivity index (χ0n) is 15.1. The highest BCUT2D eigenvalue weighted by atomic mass is 35.5. The second-order valence-electron chi connectivity index (χ2n) is 5.85. The number of nitrogens with one attached hydrogen (secondary N) is 2. The van der Waals surface area contributed by atoms with Crippen molar-refractivity contribution in [2.24, 2.45) is 0 Å². The fraction of sp³-hybridized carbons (Fsp3) is 0.150. The number of carbonyl (C=O) groups is 2. The lowest BCUT2D eigenvalue weighted by Gasteiger charge is -2.09. The number of amides is 2. The second-order valence-corrected chi connectivity index (χ2v) is 7.15. The Bertz CT molecular complexity index is 973. The van der Waals surface area contributed by atoms with Crippen LogP contribution in [0.2, 0.25) is 5.02 Å². The molecule has 2 N–H and O–H groups in total. The van der Waals surface area contributed by atoms with Crippen LogP contribution in [0.25, 0.3) is 0 Å². The fourth-order valence-corrected chi connectivity index (χ4v) is 3.32. The van der Waals surface area contributed by atoms with Crippen LogP contribution in [-0.2, 0) is 11.2 Å². The van der Waals surface area contributed by atoms with Gasteiger partial charge in [0.2, 0.25) is 5.91 Å². The Morgan fingerprint density at radius 2 is 1.86 bits per heavy atom. The summed E-state index contributed by atoms with van der Waals surface area (Å²) in [6.07, 6.45) is 0.737. The van der Waals surface area contributed by atoms with Crippen LogP contribution in [-0.4, -0.2) is 23.9 Å². The molecule has 0 aliphatic heterocycles. The number of rotatable bonds is 7. The lowest BCUT2D eigenvalue weighted by Crippen LogP contribution is -2.13. The van der Waals surface area contributed by atoms with Gasteiger partial charge in [-0.15, -0.1) is 11.3 Å². The van der Waals surface area contributed by atoms with E-state index >= 15 is 0 Å². The molecule has 0 saturated heterocycles. The summed E-state index contributed by atoms with van der Waals surface area (Å²) in [5.74, 6) is 0.215. The van der Waals surface area contributed by atoms with E-state index in [2.05, 4.69) is 15.6 Å². The Labute approximate surface area is 171 Å². The summed E-state index contributed by atoms with van der Waals surface area (Å²) in [5, 5.41) is 8.46. The zero-order chi connectivity index (χ0) is 19.9. The van der Waals surface area contributed by atoms with Crippen LogP contribution in [0, 0.1) is 0 Å². The molecule has 0 fully saturated rings. The number of hydrogen-bond acceptors (Lipinski definition) is 5. The lowest BCUT2D eigenvalue weighted by atomic mass is 10.2. The molecule has 1 heterocycles. The third-order valence-electron chi connectivity index (χ3n) is 3.87. The molecular weight excluding hydrogens is 398 g/mol. The smallest absolute Gasteiger partial charge is 0.257 e. The van der Waals surface area contributed by atoms with Gasteiger partial charge in [-0.2, -0.15) is 0 Å². The molecule has 2 aromatic carbocycles. The summed E-state index contributed by atoms with van der Waals surface area (Å²) in [6.45, 7) is 0. The van der Waals surface area contributed by atoms with Crippen molar-refractivity contribution in [3.8, 4) is 5.75 Å². The van der Waals surface area contributed by atoms with Gasteiger partial charge >= 0.3 is 0 Å². The van der Waals surface area contributed by atoms with Crippen molar-refractivity contribution in [3.05, 3.63) is 70.2 Å². The minimum absolute atomic E-state index is 0.135. The predicted molar refractivity (Wildman–Crippen MR) is 111 cm³/mol. The first kappa shape index (κ1) is 19.9. The Morgan fingerprint density at radius 1 is 1.11 bits per heavy atom. The number of halogens is 1. The number of ether oxygens (including phenoxy) is 1. The third-order valence-corrected chi connectivity index (χ3v) is 4.93. The average molecular weight is 416 g/mol. The van der Waals surface area contributed by atoms with Crippen LogP contribution in [0.3, 0.4) is 0 Å². The molecule has 144 valence electrons. The molecule has 0 radical (unpaired) electrons. The summed E-state index contributed by atoms with van der Waals surface area (Å²) >= 11 is 7.14. The first-order chi connectivity index (χ1) is 13.5. The van der Waals surface area contributed by atoms with Crippen molar-refractivity contribution in [2.45, 2.75) is 12.8 Å². The van der Waals surface area contributed by atoms with Gasteiger partial charge in [-0.1, -0.05) is 23.7 Å². The fourth-order valence-electron chi connectivity index (χ4n) is 2.45. The van der Waals surface area contributed by atoms with Crippen LogP contribution in [0.1, 0.15) is 22.5 Å². The lowest BCUT2D eigenvalue weighted by molar-refractivity contribution is -0.116. The summed E-state index contributed by atoms with van der Waals surface area (Å²) in [7, 11) is 1.56. The SMILES string of the molecule is COc1ccccc1NC(=O)CCc1csc(NC(=O)c2ccc(Cl)cc2)n1. The number of benzene rings is 2. The molecule has 0 spiro atoms. The summed E-state index contributed by atoms with van der Waals surface area (Å²) in [6, 6.07) is 13.8. The molecule has 1 aromatic heterocycles. The first-order valence-corrected chi connectivity index (χ1v) is 9.75. The Balaban J connectivity index is 1.52. The van der Waals surface area contributed by atoms with Gasteiger partial charge in [0.1, 0.15) is 5.75 Å². The molecule has 0 atom stereocenters. The predicted octanol–water partition coefficient (Wildman–Crippen LogP) is 4.63. The van der Waals surface area contributed by atoms with Crippen LogP contribution in [0.4, 0.5) is 10.8 Å². The molecule has 0 aliphatic carbocycles. The number of anilines is 2. The van der Waals surface area contributed by atoms with Crippen molar-refractivity contribution in [2.75, 3.05) is 17.7 Å². The number of methoxy groups -OCH3 is 1. The topological polar surface area (TPSA) is 80.3 Å². The molecule has 3 rings (SSSR count).